The highest BCUT2D eigenvalue weighted by Crippen LogP contribution is 2.05. The number of aliphatic hydroxyl groups is 1. The lowest BCUT2D eigenvalue weighted by Crippen LogP contribution is -2.04. The van der Waals surface area contributed by atoms with E-state index in [0.717, 1.165) is 17.5 Å². The molecule has 0 aliphatic carbocycles. The van der Waals surface area contributed by atoms with Gasteiger partial charge in [0.05, 0.1) is 13.2 Å². The zero-order chi connectivity index (χ0) is 10.2. The molecule has 1 aromatic rings. The molecule has 3 heteroatoms. The third-order valence-corrected chi connectivity index (χ3v) is 1.97. The molecule has 1 aromatic carbocycles. The highest BCUT2D eigenvalue weighted by atomic mass is 16.5. The van der Waals surface area contributed by atoms with E-state index in [1.165, 1.54) is 0 Å². The Morgan fingerprint density at radius 2 is 1.79 bits per heavy atom. The van der Waals surface area contributed by atoms with Crippen LogP contribution in [0.5, 0.6) is 0 Å². The Hall–Kier alpha value is -0.900. The first-order chi connectivity index (χ1) is 6.86. The SMILES string of the molecule is NCCCOCc1ccc(CO)cc1. The number of rotatable bonds is 6. The molecule has 0 heterocycles. The van der Waals surface area contributed by atoms with Gasteiger partial charge in [-0.15, -0.1) is 0 Å². The molecule has 0 fully saturated rings. The van der Waals surface area contributed by atoms with E-state index in [2.05, 4.69) is 0 Å². The maximum absolute atomic E-state index is 8.83. The number of ether oxygens (including phenoxy) is 1. The minimum absolute atomic E-state index is 0.0916. The van der Waals surface area contributed by atoms with E-state index in [1.54, 1.807) is 0 Å². The first-order valence-electron chi connectivity index (χ1n) is 4.83. The Morgan fingerprint density at radius 1 is 1.14 bits per heavy atom. The smallest absolute Gasteiger partial charge is 0.0716 e. The van der Waals surface area contributed by atoms with Crippen molar-refractivity contribution in [3.8, 4) is 0 Å². The second-order valence-corrected chi connectivity index (χ2v) is 3.17. The molecule has 78 valence electrons. The van der Waals surface area contributed by atoms with E-state index in [-0.39, 0.29) is 6.61 Å². The Bertz CT molecular complexity index is 246. The maximum Gasteiger partial charge on any atom is 0.0716 e. The molecule has 14 heavy (non-hydrogen) atoms. The van der Waals surface area contributed by atoms with E-state index >= 15 is 0 Å². The Labute approximate surface area is 84.5 Å². The van der Waals surface area contributed by atoms with Gasteiger partial charge >= 0.3 is 0 Å². The lowest BCUT2D eigenvalue weighted by atomic mass is 10.1. The van der Waals surface area contributed by atoms with Crippen molar-refractivity contribution in [1.82, 2.24) is 0 Å². The van der Waals surface area contributed by atoms with Crippen molar-refractivity contribution in [2.75, 3.05) is 13.2 Å². The molecule has 0 spiro atoms. The van der Waals surface area contributed by atoms with E-state index in [0.29, 0.717) is 19.8 Å². The van der Waals surface area contributed by atoms with Gasteiger partial charge in [-0.2, -0.15) is 0 Å². The fraction of sp³-hybridized carbons (Fsp3) is 0.455. The molecule has 0 atom stereocenters. The largest absolute Gasteiger partial charge is 0.392 e. The number of nitrogens with two attached hydrogens (primary N) is 1. The lowest BCUT2D eigenvalue weighted by Gasteiger charge is -2.04. The molecule has 3 nitrogen and oxygen atoms in total. The van der Waals surface area contributed by atoms with Gasteiger partial charge in [-0.25, -0.2) is 0 Å². The predicted octanol–water partition coefficient (Wildman–Crippen LogP) is 1.04. The molecule has 0 aliphatic heterocycles. The van der Waals surface area contributed by atoms with Gasteiger partial charge in [0.25, 0.3) is 0 Å². The van der Waals surface area contributed by atoms with Crippen molar-refractivity contribution >= 4 is 0 Å². The van der Waals surface area contributed by atoms with Crippen LogP contribution < -0.4 is 5.73 Å². The summed E-state index contributed by atoms with van der Waals surface area (Å²) in [5.41, 5.74) is 7.39. The maximum atomic E-state index is 8.83. The predicted molar refractivity (Wildman–Crippen MR) is 55.7 cm³/mol. The van der Waals surface area contributed by atoms with Crippen LogP contribution in [0.3, 0.4) is 0 Å². The van der Waals surface area contributed by atoms with Crippen LogP contribution in [0.4, 0.5) is 0 Å². The van der Waals surface area contributed by atoms with Crippen molar-refractivity contribution in [2.24, 2.45) is 5.73 Å². The third-order valence-electron chi connectivity index (χ3n) is 1.97. The standard InChI is InChI=1S/C11H17NO2/c12-6-1-7-14-9-11-4-2-10(8-13)3-5-11/h2-5,13H,1,6-9,12H2. The van der Waals surface area contributed by atoms with Gasteiger partial charge in [0.15, 0.2) is 0 Å². The van der Waals surface area contributed by atoms with Crippen molar-refractivity contribution in [3.63, 3.8) is 0 Å². The summed E-state index contributed by atoms with van der Waals surface area (Å²) in [5, 5.41) is 8.83. The van der Waals surface area contributed by atoms with Crippen LogP contribution in [0.25, 0.3) is 0 Å². The monoisotopic (exact) mass is 195 g/mol. The fourth-order valence-electron chi connectivity index (χ4n) is 1.12. The van der Waals surface area contributed by atoms with Gasteiger partial charge in [-0.3, -0.25) is 0 Å². The second kappa shape index (κ2) is 6.54. The quantitative estimate of drug-likeness (QED) is 0.667. The summed E-state index contributed by atoms with van der Waals surface area (Å²) in [5.74, 6) is 0. The topological polar surface area (TPSA) is 55.5 Å². The van der Waals surface area contributed by atoms with Crippen LogP contribution >= 0.6 is 0 Å². The van der Waals surface area contributed by atoms with Crippen molar-refractivity contribution in [2.45, 2.75) is 19.6 Å². The summed E-state index contributed by atoms with van der Waals surface area (Å²) in [6, 6.07) is 7.74. The van der Waals surface area contributed by atoms with Crippen LogP contribution in [-0.2, 0) is 18.0 Å². The number of aliphatic hydroxyl groups excluding tert-OH is 1. The first-order valence-corrected chi connectivity index (χ1v) is 4.83. The molecular weight excluding hydrogens is 178 g/mol. The molecule has 0 saturated carbocycles. The normalized spacial score (nSPS) is 10.4. The molecule has 0 saturated heterocycles. The molecule has 0 aliphatic rings. The summed E-state index contributed by atoms with van der Waals surface area (Å²) < 4.78 is 5.39. The second-order valence-electron chi connectivity index (χ2n) is 3.17. The van der Waals surface area contributed by atoms with E-state index in [1.807, 2.05) is 24.3 Å². The van der Waals surface area contributed by atoms with Gasteiger partial charge in [0, 0.05) is 6.61 Å². The molecule has 0 amide bonds. The van der Waals surface area contributed by atoms with Crippen molar-refractivity contribution < 1.29 is 9.84 Å². The van der Waals surface area contributed by atoms with Gasteiger partial charge in [0.2, 0.25) is 0 Å². The Kier molecular flexibility index (Phi) is 5.22. The van der Waals surface area contributed by atoms with Gasteiger partial charge in [-0.05, 0) is 24.1 Å². The van der Waals surface area contributed by atoms with Crippen LogP contribution in [-0.4, -0.2) is 18.3 Å². The Morgan fingerprint density at radius 3 is 2.36 bits per heavy atom. The zero-order valence-corrected chi connectivity index (χ0v) is 8.28. The Balaban J connectivity index is 2.29. The highest BCUT2D eigenvalue weighted by molar-refractivity contribution is 5.21. The van der Waals surface area contributed by atoms with Crippen LogP contribution in [0.1, 0.15) is 17.5 Å². The molecule has 3 N–H and O–H groups in total. The molecular formula is C11H17NO2. The third kappa shape index (κ3) is 3.87. The van der Waals surface area contributed by atoms with E-state index < -0.39 is 0 Å². The van der Waals surface area contributed by atoms with Crippen LogP contribution in [0, 0.1) is 0 Å². The molecule has 0 radical (unpaired) electrons. The highest BCUT2D eigenvalue weighted by Gasteiger charge is 1.93. The van der Waals surface area contributed by atoms with Crippen LogP contribution in [0.2, 0.25) is 0 Å². The zero-order valence-electron chi connectivity index (χ0n) is 8.28. The average Bonchev–Trinajstić information content (AvgIpc) is 2.25. The number of hydrogen-bond acceptors (Lipinski definition) is 3. The minimum atomic E-state index is 0.0916. The summed E-state index contributed by atoms with van der Waals surface area (Å²) in [6.07, 6.45) is 0.898. The van der Waals surface area contributed by atoms with Gasteiger partial charge < -0.3 is 15.6 Å². The summed E-state index contributed by atoms with van der Waals surface area (Å²) >= 11 is 0. The van der Waals surface area contributed by atoms with Crippen LogP contribution in [0.15, 0.2) is 24.3 Å². The average molecular weight is 195 g/mol. The number of hydrogen-bond donors (Lipinski definition) is 2. The van der Waals surface area contributed by atoms with Crippen molar-refractivity contribution in [3.05, 3.63) is 35.4 Å². The minimum Gasteiger partial charge on any atom is -0.392 e. The van der Waals surface area contributed by atoms with E-state index in [4.69, 9.17) is 15.6 Å². The lowest BCUT2D eigenvalue weighted by molar-refractivity contribution is 0.120. The molecule has 0 bridgehead atoms. The first kappa shape index (κ1) is 11.2. The van der Waals surface area contributed by atoms with Gasteiger partial charge in [0.1, 0.15) is 0 Å². The summed E-state index contributed by atoms with van der Waals surface area (Å²) in [4.78, 5) is 0. The van der Waals surface area contributed by atoms with Gasteiger partial charge in [-0.1, -0.05) is 24.3 Å². The summed E-state index contributed by atoms with van der Waals surface area (Å²) in [6.45, 7) is 2.09. The molecule has 0 aromatic heterocycles. The number of benzene rings is 1. The van der Waals surface area contributed by atoms with Crippen molar-refractivity contribution in [1.29, 1.82) is 0 Å². The fourth-order valence-corrected chi connectivity index (χ4v) is 1.12. The van der Waals surface area contributed by atoms with E-state index in [9.17, 15) is 0 Å². The molecule has 0 unspecified atom stereocenters. The molecule has 1 rings (SSSR count). The summed E-state index contributed by atoms with van der Waals surface area (Å²) in [7, 11) is 0.